The number of fused-ring (bicyclic) bond motifs is 9. The van der Waals surface area contributed by atoms with Crippen LogP contribution in [0.15, 0.2) is 162 Å². The summed E-state index contributed by atoms with van der Waals surface area (Å²) in [5.74, 6) is 0. The number of anilines is 6. The van der Waals surface area contributed by atoms with Gasteiger partial charge in [-0.1, -0.05) is 126 Å². The fourth-order valence-corrected chi connectivity index (χ4v) is 8.45. The van der Waals surface area contributed by atoms with Crippen LogP contribution in [0.4, 0.5) is 34.1 Å². The predicted molar refractivity (Wildman–Crippen MR) is 242 cm³/mol. The van der Waals surface area contributed by atoms with Crippen LogP contribution in [0.2, 0.25) is 0 Å². The molecule has 276 valence electrons. The van der Waals surface area contributed by atoms with Crippen LogP contribution in [-0.4, -0.2) is 11.3 Å². The van der Waals surface area contributed by atoms with E-state index < -0.39 is 144 Å². The summed E-state index contributed by atoms with van der Waals surface area (Å²) >= 11 is 0. The normalized spacial score (nSPS) is 18.0. The molecule has 0 aliphatic carbocycles. The van der Waals surface area contributed by atoms with E-state index in [2.05, 4.69) is 0 Å². The molecule has 2 aliphatic heterocycles. The minimum atomic E-state index is -1.12. The topological polar surface area (TPSA) is 24.6 Å². The summed E-state index contributed by atoms with van der Waals surface area (Å²) in [4.78, 5) is 2.59. The Balaban J connectivity index is 1.41. The van der Waals surface area contributed by atoms with Crippen molar-refractivity contribution in [2.75, 3.05) is 9.80 Å². The molecule has 57 heavy (non-hydrogen) atoms. The molecule has 0 saturated heterocycles. The minimum Gasteiger partial charge on any atom is -0.466 e. The quantitative estimate of drug-likeness (QED) is 0.167. The summed E-state index contributed by atoms with van der Waals surface area (Å²) in [6.07, 6.45) is 0. The van der Waals surface area contributed by atoms with Crippen molar-refractivity contribution in [2.24, 2.45) is 0 Å². The number of benzene rings is 7. The predicted octanol–water partition coefficient (Wildman–Crippen LogP) is 13.0. The van der Waals surface area contributed by atoms with E-state index in [0.29, 0.717) is 49.6 Å². The smallest absolute Gasteiger partial charge is 0.375 e. The lowest BCUT2D eigenvalue weighted by molar-refractivity contribution is 0.590. The molecule has 7 aromatic carbocycles. The number of hydrogen-bond donors (Lipinski definition) is 0. The van der Waals surface area contributed by atoms with Crippen LogP contribution in [0.1, 0.15) is 78.7 Å². The van der Waals surface area contributed by atoms with Gasteiger partial charge in [0, 0.05) is 55.5 Å². The molecule has 0 atom stereocenters. The van der Waals surface area contributed by atoms with Gasteiger partial charge < -0.3 is 18.7 Å². The van der Waals surface area contributed by atoms with Gasteiger partial charge in [0.05, 0.1) is 37.4 Å². The van der Waals surface area contributed by atoms with Crippen LogP contribution in [0.25, 0.3) is 43.9 Å². The first-order chi connectivity index (χ1) is 35.4. The fraction of sp³-hybridized carbons (Fsp3) is 0.154. The molecule has 0 fully saturated rings. The molecule has 2 aromatic heterocycles. The lowest BCUT2D eigenvalue weighted by Gasteiger charge is -2.39. The fourth-order valence-electron chi connectivity index (χ4n) is 8.45. The van der Waals surface area contributed by atoms with Gasteiger partial charge in [0.2, 0.25) is 0 Å². The summed E-state index contributed by atoms with van der Waals surface area (Å²) in [7, 11) is 0. The second-order valence-corrected chi connectivity index (χ2v) is 16.4. The van der Waals surface area contributed by atoms with Gasteiger partial charge in [0.15, 0.2) is 0 Å². The van der Waals surface area contributed by atoms with Gasteiger partial charge in [-0.25, -0.2) is 0 Å². The summed E-state index contributed by atoms with van der Waals surface area (Å²) in [5.41, 5.74) is 1.66. The van der Waals surface area contributed by atoms with Crippen molar-refractivity contribution in [1.82, 2.24) is 4.48 Å². The largest absolute Gasteiger partial charge is 0.466 e. The molecule has 0 unspecified atom stereocenters. The molecular weight excluding hydrogens is 693 g/mol. The third kappa shape index (κ3) is 4.94. The van der Waals surface area contributed by atoms with Crippen molar-refractivity contribution in [1.29, 1.82) is 0 Å². The van der Waals surface area contributed by atoms with Gasteiger partial charge in [-0.2, -0.15) is 0 Å². The average Bonchev–Trinajstić information content (AvgIpc) is 4.12. The monoisotopic (exact) mass is 756 g/mol. The third-order valence-electron chi connectivity index (χ3n) is 11.1. The van der Waals surface area contributed by atoms with Gasteiger partial charge in [-0.15, -0.1) is 0 Å². The highest BCUT2D eigenvalue weighted by atomic mass is 16.3. The second kappa shape index (κ2) is 12.0. The highest BCUT2D eigenvalue weighted by Gasteiger charge is 2.47. The zero-order valence-corrected chi connectivity index (χ0v) is 31.9. The first-order valence-corrected chi connectivity index (χ1v) is 18.6. The maximum atomic E-state index is 9.45. The zero-order chi connectivity index (χ0) is 55.3. The summed E-state index contributed by atoms with van der Waals surface area (Å²) < 4.78 is 180. The van der Waals surface area contributed by atoms with E-state index in [1.807, 2.05) is 76.4 Å². The van der Waals surface area contributed by atoms with Crippen molar-refractivity contribution in [2.45, 2.75) is 52.4 Å². The van der Waals surface area contributed by atoms with Crippen molar-refractivity contribution < 1.29 is 30.5 Å². The summed E-state index contributed by atoms with van der Waals surface area (Å²) in [6.45, 7) is 10.8. The Labute approximate surface area is 361 Å². The maximum absolute atomic E-state index is 9.45. The third-order valence-corrected chi connectivity index (χ3v) is 11.1. The minimum absolute atomic E-state index is 0.00826. The molecule has 4 heterocycles. The molecule has 0 N–H and O–H groups in total. The van der Waals surface area contributed by atoms with Crippen LogP contribution in [0, 0.1) is 0 Å². The van der Waals surface area contributed by atoms with E-state index in [1.165, 1.54) is 4.90 Å². The summed E-state index contributed by atoms with van der Waals surface area (Å²) in [5, 5.41) is 0.724. The first-order valence-electron chi connectivity index (χ1n) is 28.1. The van der Waals surface area contributed by atoms with E-state index in [4.69, 9.17) is 19.5 Å². The van der Waals surface area contributed by atoms with Crippen LogP contribution in [-0.2, 0) is 10.8 Å². The molecule has 9 aromatic rings. The second-order valence-electron chi connectivity index (χ2n) is 16.4. The molecule has 0 radical (unpaired) electrons. The van der Waals surface area contributed by atoms with Gasteiger partial charge in [0.1, 0.15) is 11.2 Å². The van der Waals surface area contributed by atoms with Gasteiger partial charge in [-0.3, -0.25) is 0 Å². The van der Waals surface area contributed by atoms with Crippen molar-refractivity contribution in [3.05, 3.63) is 168 Å². The highest BCUT2D eigenvalue weighted by molar-refractivity contribution is 6.89. The highest BCUT2D eigenvalue weighted by Crippen LogP contribution is 2.52. The standard InChI is InChI=1S/C52H44BN3O/c1-51(2,3)33-26-28-42-41(30-33)46-43(54(35-18-10-7-11-19-35)36-20-12-8-13-21-36)29-27-38-40-31-34(52(4,5)6)32-44-47(40)53(56(42)48(38)46)50-49(39-24-16-17-25-45(39)57-50)55(44)37-22-14-9-15-23-37/h7-32H,1-6H3/i7D,8D,9D,10D,11D,12D,13D,14D,15D,16D,17D,18D,19D,20D,21D,22D,23D,24D,25D. The lowest BCUT2D eigenvalue weighted by Crippen LogP contribution is -2.56. The van der Waals surface area contributed by atoms with E-state index in [1.54, 1.807) is 12.1 Å². The average molecular weight is 757 g/mol. The Bertz CT molecular complexity index is 4020. The molecule has 4 nitrogen and oxygen atoms in total. The number of hydrogen-bond acceptors (Lipinski definition) is 3. The number of nitrogens with zero attached hydrogens (tertiary/aromatic N) is 3. The summed E-state index contributed by atoms with van der Waals surface area (Å²) in [6, 6.07) is 0.169. The van der Waals surface area contributed by atoms with Gasteiger partial charge >= 0.3 is 6.85 Å². The van der Waals surface area contributed by atoms with E-state index in [0.717, 1.165) is 10.5 Å². The molecule has 2 aliphatic rings. The Morgan fingerprint density at radius 2 is 1.25 bits per heavy atom. The SMILES string of the molecule is [2H]c1c([2H])c([2H])c(N2c3cc(C(C)(C)C)cc4c3B(c3oc5c([2H])c([2H])c([2H])c([2H])c5c32)n2c3ccc(C(C)(C)C)cc3c3c(N(c5c([2H])c([2H])c([2H])c([2H])c5[2H])c5c([2H])c([2H])c([2H])c([2H])c5[2H])ccc-4c32)c([2H])c1[2H]. The van der Waals surface area contributed by atoms with Crippen molar-refractivity contribution in [3.8, 4) is 11.1 Å². The van der Waals surface area contributed by atoms with Crippen LogP contribution >= 0.6 is 0 Å². The Hall–Kier alpha value is -6.46. The zero-order valence-electron chi connectivity index (χ0n) is 50.9. The lowest BCUT2D eigenvalue weighted by atomic mass is 9.47. The van der Waals surface area contributed by atoms with Gasteiger partial charge in [0.25, 0.3) is 0 Å². The Morgan fingerprint density at radius 1 is 0.614 bits per heavy atom. The molecule has 0 amide bonds. The Morgan fingerprint density at radius 3 is 1.91 bits per heavy atom. The van der Waals surface area contributed by atoms with E-state index >= 15 is 0 Å². The van der Waals surface area contributed by atoms with Crippen LogP contribution in [0.5, 0.6) is 0 Å². The van der Waals surface area contributed by atoms with Gasteiger partial charge in [-0.05, 0) is 106 Å². The molecule has 0 bridgehead atoms. The first kappa shape index (κ1) is 19.6. The van der Waals surface area contributed by atoms with E-state index in [-0.39, 0.29) is 33.7 Å². The molecule has 0 spiro atoms. The molecule has 0 saturated carbocycles. The molecule has 11 rings (SSSR count). The number of aromatic nitrogens is 1. The number of furan rings is 1. The number of para-hydroxylation sites is 4. The van der Waals surface area contributed by atoms with E-state index in [9.17, 15) is 11.0 Å². The van der Waals surface area contributed by atoms with Crippen LogP contribution in [0.3, 0.4) is 0 Å². The van der Waals surface area contributed by atoms with Crippen molar-refractivity contribution in [3.63, 3.8) is 0 Å². The maximum Gasteiger partial charge on any atom is 0.375 e. The Kier molecular flexibility index (Phi) is 4.14. The number of rotatable bonds is 4. The molecule has 5 heteroatoms. The molecular formula is C52H44BN3O. The van der Waals surface area contributed by atoms with Crippen LogP contribution < -0.4 is 20.9 Å². The van der Waals surface area contributed by atoms with Crippen molar-refractivity contribution >= 4 is 84.9 Å².